The van der Waals surface area contributed by atoms with Crippen LogP contribution in [0.15, 0.2) is 48.5 Å². The van der Waals surface area contributed by atoms with E-state index < -0.39 is 5.82 Å². The van der Waals surface area contributed by atoms with Gasteiger partial charge in [-0.1, -0.05) is 41.9 Å². The number of nitrogens with zero attached hydrogens (tertiary/aromatic N) is 2. The fraction of sp³-hybridized carbons (Fsp3) is 0.350. The van der Waals surface area contributed by atoms with Crippen LogP contribution in [0.2, 0.25) is 5.02 Å². The molecule has 3 rings (SSSR count). The average Bonchev–Trinajstić information content (AvgIpc) is 2.68. The molecule has 0 bridgehead atoms. The minimum atomic E-state index is -0.413. The number of carbonyl (C=O) groups excluding carboxylic acids is 1. The number of amides is 2. The first kappa shape index (κ1) is 18.5. The molecule has 0 aromatic heterocycles. The average molecular weight is 376 g/mol. The lowest BCUT2D eigenvalue weighted by Gasteiger charge is -2.36. The summed E-state index contributed by atoms with van der Waals surface area (Å²) in [5.41, 5.74) is 2.17. The van der Waals surface area contributed by atoms with E-state index in [0.29, 0.717) is 32.7 Å². The SMILES string of the molecule is O=C(NCCCc1ccccc1)N1CCN(c2ccc(F)c(Cl)c2)CC1. The van der Waals surface area contributed by atoms with Crippen molar-refractivity contribution in [2.45, 2.75) is 12.8 Å². The van der Waals surface area contributed by atoms with Crippen molar-refractivity contribution in [3.8, 4) is 0 Å². The van der Waals surface area contributed by atoms with Crippen molar-refractivity contribution in [2.75, 3.05) is 37.6 Å². The van der Waals surface area contributed by atoms with Crippen LogP contribution in [-0.2, 0) is 6.42 Å². The molecule has 2 amide bonds. The number of piperazine rings is 1. The summed E-state index contributed by atoms with van der Waals surface area (Å²) < 4.78 is 13.3. The van der Waals surface area contributed by atoms with Gasteiger partial charge in [0.05, 0.1) is 5.02 Å². The summed E-state index contributed by atoms with van der Waals surface area (Å²) in [6.07, 6.45) is 1.88. The summed E-state index contributed by atoms with van der Waals surface area (Å²) in [4.78, 5) is 16.2. The first-order valence-electron chi connectivity index (χ1n) is 8.90. The topological polar surface area (TPSA) is 35.6 Å². The third-order valence-electron chi connectivity index (χ3n) is 4.60. The fourth-order valence-corrected chi connectivity index (χ4v) is 3.27. The smallest absolute Gasteiger partial charge is 0.317 e. The Bertz CT molecular complexity index is 733. The van der Waals surface area contributed by atoms with Crippen molar-refractivity contribution >= 4 is 23.3 Å². The Labute approximate surface area is 158 Å². The van der Waals surface area contributed by atoms with Crippen LogP contribution in [0.1, 0.15) is 12.0 Å². The van der Waals surface area contributed by atoms with E-state index in [1.807, 2.05) is 23.1 Å². The number of rotatable bonds is 5. The van der Waals surface area contributed by atoms with Crippen molar-refractivity contribution in [3.63, 3.8) is 0 Å². The Kier molecular flexibility index (Phi) is 6.34. The standard InChI is InChI=1S/C20H23ClFN3O/c21-18-15-17(8-9-19(18)22)24-11-13-25(14-12-24)20(26)23-10-4-7-16-5-2-1-3-6-16/h1-3,5-6,8-9,15H,4,7,10-14H2,(H,23,26). The van der Waals surface area contributed by atoms with Gasteiger partial charge in [-0.2, -0.15) is 0 Å². The Balaban J connectivity index is 1.40. The normalized spacial score (nSPS) is 14.4. The Morgan fingerprint density at radius 3 is 2.50 bits per heavy atom. The highest BCUT2D eigenvalue weighted by molar-refractivity contribution is 6.31. The van der Waals surface area contributed by atoms with Gasteiger partial charge in [0.1, 0.15) is 5.82 Å². The maximum absolute atomic E-state index is 13.3. The predicted molar refractivity (Wildman–Crippen MR) is 103 cm³/mol. The van der Waals surface area contributed by atoms with Gasteiger partial charge in [-0.25, -0.2) is 9.18 Å². The van der Waals surface area contributed by atoms with Crippen molar-refractivity contribution in [1.82, 2.24) is 10.2 Å². The molecule has 0 spiro atoms. The molecular formula is C20H23ClFN3O. The van der Waals surface area contributed by atoms with Gasteiger partial charge in [0, 0.05) is 38.4 Å². The van der Waals surface area contributed by atoms with Gasteiger partial charge in [-0.05, 0) is 36.6 Å². The first-order chi connectivity index (χ1) is 12.6. The van der Waals surface area contributed by atoms with Gasteiger partial charge in [-0.15, -0.1) is 0 Å². The third-order valence-corrected chi connectivity index (χ3v) is 4.89. The van der Waals surface area contributed by atoms with E-state index in [1.54, 1.807) is 12.1 Å². The van der Waals surface area contributed by atoms with Crippen LogP contribution in [0.4, 0.5) is 14.9 Å². The molecule has 2 aromatic carbocycles. The van der Waals surface area contributed by atoms with Crippen LogP contribution in [0.25, 0.3) is 0 Å². The fourth-order valence-electron chi connectivity index (χ4n) is 3.09. The monoisotopic (exact) mass is 375 g/mol. The third kappa shape index (κ3) is 4.88. The van der Waals surface area contributed by atoms with Gasteiger partial charge < -0.3 is 15.1 Å². The van der Waals surface area contributed by atoms with Gasteiger partial charge in [0.25, 0.3) is 0 Å². The van der Waals surface area contributed by atoms with Crippen LogP contribution >= 0.6 is 11.6 Å². The highest BCUT2D eigenvalue weighted by atomic mass is 35.5. The largest absolute Gasteiger partial charge is 0.368 e. The van der Waals surface area contributed by atoms with E-state index in [-0.39, 0.29) is 11.1 Å². The Hall–Kier alpha value is -2.27. The Morgan fingerprint density at radius 1 is 1.08 bits per heavy atom. The highest BCUT2D eigenvalue weighted by Gasteiger charge is 2.21. The molecule has 1 fully saturated rings. The van der Waals surface area contributed by atoms with E-state index in [2.05, 4.69) is 22.3 Å². The molecule has 1 saturated heterocycles. The lowest BCUT2D eigenvalue weighted by Crippen LogP contribution is -2.52. The van der Waals surface area contributed by atoms with E-state index >= 15 is 0 Å². The first-order valence-corrected chi connectivity index (χ1v) is 9.28. The van der Waals surface area contributed by atoms with Crippen molar-refractivity contribution in [2.24, 2.45) is 0 Å². The summed E-state index contributed by atoms with van der Waals surface area (Å²) in [6.45, 7) is 3.36. The second kappa shape index (κ2) is 8.90. The molecule has 138 valence electrons. The molecular weight excluding hydrogens is 353 g/mol. The summed E-state index contributed by atoms with van der Waals surface area (Å²) in [5.74, 6) is -0.413. The molecule has 0 radical (unpaired) electrons. The maximum Gasteiger partial charge on any atom is 0.317 e. The van der Waals surface area contributed by atoms with Crippen LogP contribution < -0.4 is 10.2 Å². The zero-order chi connectivity index (χ0) is 18.4. The molecule has 1 aliphatic rings. The van der Waals surface area contributed by atoms with Gasteiger partial charge in [-0.3, -0.25) is 0 Å². The number of aryl methyl sites for hydroxylation is 1. The minimum absolute atomic E-state index is 0.0187. The zero-order valence-electron chi connectivity index (χ0n) is 14.6. The van der Waals surface area contributed by atoms with Crippen LogP contribution in [0, 0.1) is 5.82 Å². The Morgan fingerprint density at radius 2 is 1.81 bits per heavy atom. The molecule has 26 heavy (non-hydrogen) atoms. The summed E-state index contributed by atoms with van der Waals surface area (Å²) in [7, 11) is 0. The van der Waals surface area contributed by atoms with Gasteiger partial charge >= 0.3 is 6.03 Å². The summed E-state index contributed by atoms with van der Waals surface area (Å²) in [5, 5.41) is 3.12. The van der Waals surface area contributed by atoms with Gasteiger partial charge in [0.2, 0.25) is 0 Å². The number of anilines is 1. The summed E-state index contributed by atoms with van der Waals surface area (Å²) >= 11 is 5.85. The molecule has 1 heterocycles. The number of carbonyl (C=O) groups is 1. The van der Waals surface area contributed by atoms with Crippen LogP contribution in [0.5, 0.6) is 0 Å². The number of hydrogen-bond donors (Lipinski definition) is 1. The second-order valence-corrected chi connectivity index (χ2v) is 6.80. The lowest BCUT2D eigenvalue weighted by molar-refractivity contribution is 0.194. The minimum Gasteiger partial charge on any atom is -0.368 e. The van der Waals surface area contributed by atoms with Crippen LogP contribution in [-0.4, -0.2) is 43.7 Å². The maximum atomic E-state index is 13.3. The highest BCUT2D eigenvalue weighted by Crippen LogP contribution is 2.23. The second-order valence-electron chi connectivity index (χ2n) is 6.39. The van der Waals surface area contributed by atoms with Crippen LogP contribution in [0.3, 0.4) is 0 Å². The van der Waals surface area contributed by atoms with Crippen molar-refractivity contribution in [3.05, 3.63) is 64.9 Å². The molecule has 1 N–H and O–H groups in total. The van der Waals surface area contributed by atoms with E-state index in [9.17, 15) is 9.18 Å². The molecule has 0 saturated carbocycles. The molecule has 2 aromatic rings. The summed E-state index contributed by atoms with van der Waals surface area (Å²) in [6, 6.07) is 15.0. The number of benzene rings is 2. The number of halogens is 2. The quantitative estimate of drug-likeness (QED) is 0.803. The van der Waals surface area contributed by atoms with Crippen molar-refractivity contribution < 1.29 is 9.18 Å². The predicted octanol–water partition coefficient (Wildman–Crippen LogP) is 3.94. The van der Waals surface area contributed by atoms with E-state index in [4.69, 9.17) is 11.6 Å². The molecule has 4 nitrogen and oxygen atoms in total. The lowest BCUT2D eigenvalue weighted by atomic mass is 10.1. The molecule has 0 atom stereocenters. The molecule has 1 aliphatic heterocycles. The van der Waals surface area contributed by atoms with E-state index in [1.165, 1.54) is 11.6 Å². The van der Waals surface area contributed by atoms with Gasteiger partial charge in [0.15, 0.2) is 0 Å². The molecule has 0 unspecified atom stereocenters. The van der Waals surface area contributed by atoms with Crippen molar-refractivity contribution in [1.29, 1.82) is 0 Å². The molecule has 6 heteroatoms. The molecule has 0 aliphatic carbocycles. The van der Waals surface area contributed by atoms with E-state index in [0.717, 1.165) is 18.5 Å². The number of hydrogen-bond acceptors (Lipinski definition) is 2. The number of nitrogens with one attached hydrogen (secondary N) is 1. The zero-order valence-corrected chi connectivity index (χ0v) is 15.4. The number of urea groups is 1.